The van der Waals surface area contributed by atoms with Crippen molar-refractivity contribution in [3.63, 3.8) is 0 Å². The molecule has 0 bridgehead atoms. The number of rotatable bonds is 4. The summed E-state index contributed by atoms with van der Waals surface area (Å²) in [5.74, 6) is 1.82. The molecular formula is C23H39N7O. The Balaban J connectivity index is 1.30. The van der Waals surface area contributed by atoms with Gasteiger partial charge in [0.15, 0.2) is 0 Å². The summed E-state index contributed by atoms with van der Waals surface area (Å²) in [5, 5.41) is 3.63. The number of piperidine rings is 2. The Morgan fingerprint density at radius 3 is 2.45 bits per heavy atom. The van der Waals surface area contributed by atoms with Gasteiger partial charge >= 0.3 is 6.03 Å². The first-order chi connectivity index (χ1) is 15.1. The number of carbonyl (C=O) groups is 1. The summed E-state index contributed by atoms with van der Waals surface area (Å²) >= 11 is 0. The second-order valence-corrected chi connectivity index (χ2v) is 9.51. The van der Waals surface area contributed by atoms with E-state index in [0.717, 1.165) is 70.3 Å². The zero-order valence-corrected chi connectivity index (χ0v) is 19.3. The van der Waals surface area contributed by atoms with Crippen molar-refractivity contribution in [1.82, 2.24) is 24.7 Å². The fraction of sp³-hybridized carbons (Fsp3) is 0.783. The van der Waals surface area contributed by atoms with Gasteiger partial charge in [0.2, 0.25) is 5.95 Å². The third-order valence-corrected chi connectivity index (χ3v) is 6.99. The molecule has 0 radical (unpaired) electrons. The van der Waals surface area contributed by atoms with E-state index in [9.17, 15) is 4.79 Å². The Hall–Kier alpha value is -2.09. The largest absolute Gasteiger partial charge is 0.356 e. The first kappa shape index (κ1) is 22.1. The minimum atomic E-state index is 0.137. The van der Waals surface area contributed by atoms with Gasteiger partial charge in [0.1, 0.15) is 5.82 Å². The standard InChI is InChI=1S/C23H39N7O/c1-27(2)23(31)29-16-10-20(11-17-29)30-15-7-8-19(18-30)25-22-24-12-9-21(26-22)28-13-5-3-4-6-14-28/h9,12,19-20H,3-8,10-11,13-18H2,1-2H3,(H,24,25,26). The van der Waals surface area contributed by atoms with E-state index in [4.69, 9.17) is 4.98 Å². The summed E-state index contributed by atoms with van der Waals surface area (Å²) in [6.07, 6.45) is 11.5. The van der Waals surface area contributed by atoms with Crippen LogP contribution in [0, 0.1) is 0 Å². The lowest BCUT2D eigenvalue weighted by Crippen LogP contribution is -2.53. The number of likely N-dealkylation sites (tertiary alicyclic amines) is 2. The van der Waals surface area contributed by atoms with Gasteiger partial charge in [-0.1, -0.05) is 12.8 Å². The van der Waals surface area contributed by atoms with Gasteiger partial charge < -0.3 is 20.0 Å². The fourth-order valence-electron chi connectivity index (χ4n) is 5.24. The van der Waals surface area contributed by atoms with Gasteiger partial charge in [-0.2, -0.15) is 4.98 Å². The molecule has 1 atom stereocenters. The van der Waals surface area contributed by atoms with Crippen molar-refractivity contribution in [2.45, 2.75) is 63.5 Å². The number of anilines is 2. The highest BCUT2D eigenvalue weighted by atomic mass is 16.2. The zero-order chi connectivity index (χ0) is 21.6. The van der Waals surface area contributed by atoms with Gasteiger partial charge in [0.05, 0.1) is 0 Å². The van der Waals surface area contributed by atoms with E-state index in [-0.39, 0.29) is 6.03 Å². The number of urea groups is 1. The third kappa shape index (κ3) is 5.79. The summed E-state index contributed by atoms with van der Waals surface area (Å²) in [7, 11) is 3.67. The maximum atomic E-state index is 12.2. The van der Waals surface area contributed by atoms with Crippen LogP contribution in [-0.4, -0.2) is 96.1 Å². The highest BCUT2D eigenvalue weighted by molar-refractivity contribution is 5.73. The molecule has 3 saturated heterocycles. The number of nitrogens with one attached hydrogen (secondary N) is 1. The van der Waals surface area contributed by atoms with Crippen molar-refractivity contribution in [3.05, 3.63) is 12.3 Å². The van der Waals surface area contributed by atoms with Crippen LogP contribution in [0.2, 0.25) is 0 Å². The second kappa shape index (κ2) is 10.5. The molecule has 3 aliphatic heterocycles. The number of hydrogen-bond donors (Lipinski definition) is 1. The molecule has 2 amide bonds. The molecule has 172 valence electrons. The fourth-order valence-corrected chi connectivity index (χ4v) is 5.24. The third-order valence-electron chi connectivity index (χ3n) is 6.99. The Bertz CT molecular complexity index is 712. The quantitative estimate of drug-likeness (QED) is 0.794. The van der Waals surface area contributed by atoms with Crippen LogP contribution in [0.5, 0.6) is 0 Å². The molecule has 1 aromatic heterocycles. The van der Waals surface area contributed by atoms with E-state index in [2.05, 4.69) is 20.1 Å². The minimum absolute atomic E-state index is 0.137. The second-order valence-electron chi connectivity index (χ2n) is 9.51. The molecule has 31 heavy (non-hydrogen) atoms. The molecule has 3 aliphatic rings. The van der Waals surface area contributed by atoms with Gasteiger partial charge in [-0.05, 0) is 51.1 Å². The van der Waals surface area contributed by atoms with Gasteiger partial charge in [0, 0.05) is 65.1 Å². The van der Waals surface area contributed by atoms with Gasteiger partial charge in [-0.3, -0.25) is 4.90 Å². The Morgan fingerprint density at radius 2 is 1.74 bits per heavy atom. The molecule has 8 heteroatoms. The van der Waals surface area contributed by atoms with E-state index in [0.29, 0.717) is 12.1 Å². The molecule has 3 fully saturated rings. The maximum Gasteiger partial charge on any atom is 0.319 e. The number of nitrogens with zero attached hydrogens (tertiary/aromatic N) is 6. The SMILES string of the molecule is CN(C)C(=O)N1CCC(N2CCCC(Nc3nccc(N4CCCCCC4)n3)C2)CC1. The van der Waals surface area contributed by atoms with Crippen LogP contribution in [0.3, 0.4) is 0 Å². The van der Waals surface area contributed by atoms with Crippen LogP contribution in [0.4, 0.5) is 16.6 Å². The molecule has 4 rings (SSSR count). The summed E-state index contributed by atoms with van der Waals surface area (Å²) in [4.78, 5) is 30.3. The number of amides is 2. The number of aromatic nitrogens is 2. The van der Waals surface area contributed by atoms with Gasteiger partial charge in [-0.25, -0.2) is 9.78 Å². The highest BCUT2D eigenvalue weighted by Gasteiger charge is 2.30. The van der Waals surface area contributed by atoms with Crippen LogP contribution in [-0.2, 0) is 0 Å². The maximum absolute atomic E-state index is 12.2. The van der Waals surface area contributed by atoms with E-state index in [1.165, 1.54) is 32.1 Å². The van der Waals surface area contributed by atoms with E-state index in [1.54, 1.807) is 4.90 Å². The molecule has 1 unspecified atom stereocenters. The zero-order valence-electron chi connectivity index (χ0n) is 19.3. The van der Waals surface area contributed by atoms with Crippen LogP contribution in [0.15, 0.2) is 12.3 Å². The summed E-state index contributed by atoms with van der Waals surface area (Å²) < 4.78 is 0. The van der Waals surface area contributed by atoms with Gasteiger partial charge in [-0.15, -0.1) is 0 Å². The van der Waals surface area contributed by atoms with Crippen molar-refractivity contribution >= 4 is 17.8 Å². The molecule has 8 nitrogen and oxygen atoms in total. The first-order valence-electron chi connectivity index (χ1n) is 12.1. The molecule has 0 saturated carbocycles. The lowest BCUT2D eigenvalue weighted by atomic mass is 9.98. The summed E-state index contributed by atoms with van der Waals surface area (Å²) in [6, 6.07) is 3.14. The topological polar surface area (TPSA) is 67.8 Å². The van der Waals surface area contributed by atoms with Crippen molar-refractivity contribution in [3.8, 4) is 0 Å². The van der Waals surface area contributed by atoms with Crippen LogP contribution < -0.4 is 10.2 Å². The first-order valence-corrected chi connectivity index (χ1v) is 12.1. The Morgan fingerprint density at radius 1 is 1.00 bits per heavy atom. The van der Waals surface area contributed by atoms with Crippen molar-refractivity contribution in [2.24, 2.45) is 0 Å². The van der Waals surface area contributed by atoms with E-state index in [1.807, 2.05) is 31.3 Å². The average Bonchev–Trinajstić information content (AvgIpc) is 3.09. The molecule has 1 aromatic rings. The molecule has 1 N–H and O–H groups in total. The van der Waals surface area contributed by atoms with Crippen molar-refractivity contribution in [1.29, 1.82) is 0 Å². The lowest BCUT2D eigenvalue weighted by molar-refractivity contribution is 0.0904. The average molecular weight is 430 g/mol. The molecule has 0 aromatic carbocycles. The number of carbonyl (C=O) groups excluding carboxylic acids is 1. The predicted molar refractivity (Wildman–Crippen MR) is 125 cm³/mol. The molecular weight excluding hydrogens is 390 g/mol. The highest BCUT2D eigenvalue weighted by Crippen LogP contribution is 2.24. The Labute approximate surface area is 187 Å². The Kier molecular flexibility index (Phi) is 7.48. The smallest absolute Gasteiger partial charge is 0.319 e. The molecule has 4 heterocycles. The van der Waals surface area contributed by atoms with Crippen molar-refractivity contribution < 1.29 is 4.79 Å². The monoisotopic (exact) mass is 429 g/mol. The lowest BCUT2D eigenvalue weighted by Gasteiger charge is -2.42. The molecule has 0 spiro atoms. The van der Waals surface area contributed by atoms with E-state index >= 15 is 0 Å². The van der Waals surface area contributed by atoms with E-state index < -0.39 is 0 Å². The van der Waals surface area contributed by atoms with Crippen LogP contribution in [0.1, 0.15) is 51.4 Å². The summed E-state index contributed by atoms with van der Waals surface area (Å²) in [5.41, 5.74) is 0. The van der Waals surface area contributed by atoms with Crippen LogP contribution in [0.25, 0.3) is 0 Å². The van der Waals surface area contributed by atoms with Crippen LogP contribution >= 0.6 is 0 Å². The minimum Gasteiger partial charge on any atom is -0.356 e. The molecule has 0 aliphatic carbocycles. The number of hydrogen-bond acceptors (Lipinski definition) is 6. The van der Waals surface area contributed by atoms with Crippen molar-refractivity contribution in [2.75, 3.05) is 63.6 Å². The summed E-state index contributed by atoms with van der Waals surface area (Å²) in [6.45, 7) is 6.10. The van der Waals surface area contributed by atoms with Gasteiger partial charge in [0.25, 0.3) is 0 Å². The normalized spacial score (nSPS) is 24.0. The predicted octanol–water partition coefficient (Wildman–Crippen LogP) is 2.88.